The minimum absolute atomic E-state index is 0.229. The second kappa shape index (κ2) is 6.35. The zero-order chi connectivity index (χ0) is 13.7. The van der Waals surface area contributed by atoms with Crippen molar-refractivity contribution in [1.29, 1.82) is 0 Å². The largest absolute Gasteiger partial charge is 0.469 e. The highest BCUT2D eigenvalue weighted by molar-refractivity contribution is 7.80. The van der Waals surface area contributed by atoms with E-state index in [1.165, 1.54) is 7.11 Å². The first-order valence-electron chi connectivity index (χ1n) is 5.64. The van der Waals surface area contributed by atoms with E-state index in [1.54, 1.807) is 0 Å². The third-order valence-electron chi connectivity index (χ3n) is 2.76. The topological polar surface area (TPSA) is 55.6 Å². The van der Waals surface area contributed by atoms with Gasteiger partial charge in [0.15, 0.2) is 0 Å². The van der Waals surface area contributed by atoms with E-state index in [-0.39, 0.29) is 5.97 Å². The maximum absolute atomic E-state index is 11.2. The summed E-state index contributed by atoms with van der Waals surface area (Å²) in [5.41, 5.74) is 8.59. The van der Waals surface area contributed by atoms with E-state index in [9.17, 15) is 4.79 Å². The zero-order valence-electron chi connectivity index (χ0n) is 10.9. The van der Waals surface area contributed by atoms with E-state index >= 15 is 0 Å². The minimum atomic E-state index is -0.229. The molecule has 1 aromatic rings. The van der Waals surface area contributed by atoms with Gasteiger partial charge in [0.25, 0.3) is 0 Å². The number of hydrogen-bond donors (Lipinski definition) is 1. The lowest BCUT2D eigenvalue weighted by Gasteiger charge is -2.23. The number of carbonyl (C=O) groups excluding carboxylic acids is 1. The lowest BCUT2D eigenvalue weighted by Crippen LogP contribution is -2.25. The summed E-state index contributed by atoms with van der Waals surface area (Å²) in [6.45, 7) is 2.55. The number of esters is 1. The van der Waals surface area contributed by atoms with Crippen molar-refractivity contribution in [2.24, 2.45) is 5.73 Å². The van der Waals surface area contributed by atoms with Gasteiger partial charge in [0, 0.05) is 24.8 Å². The van der Waals surface area contributed by atoms with Crippen LogP contribution in [0, 0.1) is 6.92 Å². The van der Waals surface area contributed by atoms with E-state index in [1.807, 2.05) is 37.1 Å². The van der Waals surface area contributed by atoms with Crippen molar-refractivity contribution in [2.45, 2.75) is 13.3 Å². The average Bonchev–Trinajstić information content (AvgIpc) is 2.34. The number of anilines is 1. The molecule has 0 bridgehead atoms. The Morgan fingerprint density at radius 1 is 1.50 bits per heavy atom. The number of aryl methyl sites for hydroxylation is 1. The Kier molecular flexibility index (Phi) is 5.09. The molecule has 0 aliphatic carbocycles. The van der Waals surface area contributed by atoms with Crippen molar-refractivity contribution in [3.05, 3.63) is 29.3 Å². The van der Waals surface area contributed by atoms with Gasteiger partial charge in [-0.2, -0.15) is 0 Å². The number of carbonyl (C=O) groups is 1. The van der Waals surface area contributed by atoms with E-state index in [0.29, 0.717) is 18.0 Å². The molecule has 0 heterocycles. The fourth-order valence-corrected chi connectivity index (χ4v) is 2.00. The van der Waals surface area contributed by atoms with Crippen molar-refractivity contribution >= 4 is 28.9 Å². The van der Waals surface area contributed by atoms with Crippen LogP contribution in [0.4, 0.5) is 5.69 Å². The maximum Gasteiger partial charge on any atom is 0.307 e. The number of ether oxygens (including phenoxy) is 1. The minimum Gasteiger partial charge on any atom is -0.469 e. The van der Waals surface area contributed by atoms with Gasteiger partial charge in [-0.1, -0.05) is 24.4 Å². The number of nitrogens with zero attached hydrogens (tertiary/aromatic N) is 1. The van der Waals surface area contributed by atoms with Gasteiger partial charge in [-0.15, -0.1) is 0 Å². The highest BCUT2D eigenvalue weighted by Crippen LogP contribution is 2.24. The van der Waals surface area contributed by atoms with Crippen LogP contribution in [0.15, 0.2) is 18.2 Å². The molecule has 1 rings (SSSR count). The van der Waals surface area contributed by atoms with Crippen LogP contribution < -0.4 is 10.6 Å². The second-order valence-electron chi connectivity index (χ2n) is 4.08. The van der Waals surface area contributed by atoms with Gasteiger partial charge in [0.1, 0.15) is 4.99 Å². The smallest absolute Gasteiger partial charge is 0.307 e. The molecule has 0 unspecified atom stereocenters. The fraction of sp³-hybridized carbons (Fsp3) is 0.385. The van der Waals surface area contributed by atoms with E-state index in [2.05, 4.69) is 4.74 Å². The molecule has 1 aromatic carbocycles. The first-order valence-corrected chi connectivity index (χ1v) is 6.05. The highest BCUT2D eigenvalue weighted by atomic mass is 32.1. The van der Waals surface area contributed by atoms with Crippen LogP contribution in [0.1, 0.15) is 17.5 Å². The van der Waals surface area contributed by atoms with Gasteiger partial charge in [-0.05, 0) is 18.6 Å². The predicted octanol–water partition coefficient (Wildman–Crippen LogP) is 1.63. The zero-order valence-corrected chi connectivity index (χ0v) is 11.7. The molecule has 18 heavy (non-hydrogen) atoms. The summed E-state index contributed by atoms with van der Waals surface area (Å²) in [6, 6.07) is 5.80. The second-order valence-corrected chi connectivity index (χ2v) is 4.52. The first kappa shape index (κ1) is 14.4. The summed E-state index contributed by atoms with van der Waals surface area (Å²) < 4.78 is 4.63. The standard InChI is InChI=1S/C13H18N2O2S/c1-9-5-4-6-10(13(14)18)12(9)15(2)8-7-11(16)17-3/h4-6H,7-8H2,1-3H3,(H2,14,18). The molecule has 2 N–H and O–H groups in total. The molecule has 0 aliphatic rings. The van der Waals surface area contributed by atoms with E-state index in [4.69, 9.17) is 18.0 Å². The number of rotatable bonds is 5. The molecular formula is C13H18N2O2S. The lowest BCUT2D eigenvalue weighted by molar-refractivity contribution is -0.140. The van der Waals surface area contributed by atoms with Gasteiger partial charge >= 0.3 is 5.97 Å². The van der Waals surface area contributed by atoms with Crippen molar-refractivity contribution in [3.8, 4) is 0 Å². The molecule has 0 saturated carbocycles. The highest BCUT2D eigenvalue weighted by Gasteiger charge is 2.13. The molecule has 0 radical (unpaired) electrons. The summed E-state index contributed by atoms with van der Waals surface area (Å²) in [5.74, 6) is -0.229. The number of hydrogen-bond acceptors (Lipinski definition) is 4. The molecule has 0 spiro atoms. The van der Waals surface area contributed by atoms with E-state index in [0.717, 1.165) is 16.8 Å². The average molecular weight is 266 g/mol. The third-order valence-corrected chi connectivity index (χ3v) is 2.98. The Hall–Kier alpha value is -1.62. The van der Waals surface area contributed by atoms with Gasteiger partial charge in [-0.3, -0.25) is 4.79 Å². The van der Waals surface area contributed by atoms with Crippen LogP contribution in [-0.2, 0) is 9.53 Å². The Morgan fingerprint density at radius 3 is 2.72 bits per heavy atom. The monoisotopic (exact) mass is 266 g/mol. The number of methoxy groups -OCH3 is 1. The summed E-state index contributed by atoms with van der Waals surface area (Å²) in [4.78, 5) is 13.5. The molecule has 0 amide bonds. The number of para-hydroxylation sites is 1. The fourth-order valence-electron chi connectivity index (χ4n) is 1.84. The summed E-state index contributed by atoms with van der Waals surface area (Å²) in [5, 5.41) is 0. The number of benzene rings is 1. The summed E-state index contributed by atoms with van der Waals surface area (Å²) in [6.07, 6.45) is 0.331. The molecule has 0 fully saturated rings. The first-order chi connectivity index (χ1) is 8.47. The van der Waals surface area contributed by atoms with Crippen molar-refractivity contribution in [2.75, 3.05) is 25.6 Å². The van der Waals surface area contributed by atoms with Gasteiger partial charge in [0.2, 0.25) is 0 Å². The Balaban J connectivity index is 2.94. The van der Waals surface area contributed by atoms with Crippen molar-refractivity contribution < 1.29 is 9.53 Å². The molecule has 0 atom stereocenters. The molecule has 0 aromatic heterocycles. The Bertz CT molecular complexity index is 460. The molecular weight excluding hydrogens is 248 g/mol. The van der Waals surface area contributed by atoms with Crippen LogP contribution in [0.5, 0.6) is 0 Å². The number of thiocarbonyl (C=S) groups is 1. The third kappa shape index (κ3) is 3.43. The number of nitrogens with two attached hydrogens (primary N) is 1. The predicted molar refractivity (Wildman–Crippen MR) is 77.0 cm³/mol. The van der Waals surface area contributed by atoms with Crippen LogP contribution in [0.25, 0.3) is 0 Å². The van der Waals surface area contributed by atoms with Gasteiger partial charge in [-0.25, -0.2) is 0 Å². The lowest BCUT2D eigenvalue weighted by atomic mass is 10.1. The van der Waals surface area contributed by atoms with Crippen LogP contribution >= 0.6 is 12.2 Å². The molecule has 98 valence electrons. The Labute approximate surface area is 113 Å². The normalized spacial score (nSPS) is 9.94. The van der Waals surface area contributed by atoms with E-state index < -0.39 is 0 Å². The van der Waals surface area contributed by atoms with Crippen molar-refractivity contribution in [3.63, 3.8) is 0 Å². The quantitative estimate of drug-likeness (QED) is 0.648. The summed E-state index contributed by atoms with van der Waals surface area (Å²) >= 11 is 5.05. The Morgan fingerprint density at radius 2 is 2.17 bits per heavy atom. The molecule has 4 nitrogen and oxygen atoms in total. The molecule has 0 aliphatic heterocycles. The van der Waals surface area contributed by atoms with Crippen LogP contribution in [-0.4, -0.2) is 31.7 Å². The summed E-state index contributed by atoms with van der Waals surface area (Å²) in [7, 11) is 3.30. The van der Waals surface area contributed by atoms with Crippen LogP contribution in [0.3, 0.4) is 0 Å². The molecule has 5 heteroatoms. The maximum atomic E-state index is 11.2. The SMILES string of the molecule is COC(=O)CCN(C)c1c(C)cccc1C(N)=S. The van der Waals surface area contributed by atoms with Crippen LogP contribution in [0.2, 0.25) is 0 Å². The van der Waals surface area contributed by atoms with Gasteiger partial charge < -0.3 is 15.4 Å². The molecule has 0 saturated heterocycles. The van der Waals surface area contributed by atoms with Gasteiger partial charge in [0.05, 0.1) is 13.5 Å². The van der Waals surface area contributed by atoms with Crippen molar-refractivity contribution in [1.82, 2.24) is 0 Å².